The Morgan fingerprint density at radius 1 is 1.14 bits per heavy atom. The second-order valence-electron chi connectivity index (χ2n) is 10.2. The fourth-order valence-electron chi connectivity index (χ4n) is 5.46. The van der Waals surface area contributed by atoms with Crippen molar-refractivity contribution in [1.82, 2.24) is 24.8 Å². The van der Waals surface area contributed by atoms with Crippen molar-refractivity contribution in [3.8, 4) is 0 Å². The lowest BCUT2D eigenvalue weighted by atomic mass is 10.0. The molecule has 0 bridgehead atoms. The molecular formula is C26H35N7O2. The van der Waals surface area contributed by atoms with Gasteiger partial charge in [0.2, 0.25) is 11.9 Å². The van der Waals surface area contributed by atoms with Crippen molar-refractivity contribution >= 4 is 23.6 Å². The average molecular weight is 478 g/mol. The lowest BCUT2D eigenvalue weighted by molar-refractivity contribution is -0.129. The maximum Gasteiger partial charge on any atom is 0.273 e. The maximum atomic E-state index is 13.3. The lowest BCUT2D eigenvalue weighted by Gasteiger charge is -2.35. The number of carbonyl (C=O) groups is 2. The second kappa shape index (κ2) is 9.43. The van der Waals surface area contributed by atoms with Crippen LogP contribution >= 0.6 is 0 Å². The van der Waals surface area contributed by atoms with Crippen molar-refractivity contribution in [2.45, 2.75) is 65.6 Å². The summed E-state index contributed by atoms with van der Waals surface area (Å²) < 4.78 is 0. The van der Waals surface area contributed by atoms with Crippen LogP contribution in [-0.4, -0.2) is 81.4 Å². The van der Waals surface area contributed by atoms with E-state index in [1.807, 2.05) is 35.9 Å². The minimum Gasteiger partial charge on any atom is -0.353 e. The molecule has 1 unspecified atom stereocenters. The van der Waals surface area contributed by atoms with Gasteiger partial charge in [0.25, 0.3) is 5.91 Å². The van der Waals surface area contributed by atoms with Crippen LogP contribution in [0.2, 0.25) is 0 Å². The third kappa shape index (κ3) is 4.44. The highest BCUT2D eigenvalue weighted by molar-refractivity contribution is 5.98. The van der Waals surface area contributed by atoms with E-state index in [0.29, 0.717) is 44.4 Å². The minimum absolute atomic E-state index is 0.0152. The van der Waals surface area contributed by atoms with E-state index >= 15 is 0 Å². The first kappa shape index (κ1) is 23.5. The van der Waals surface area contributed by atoms with E-state index in [0.717, 1.165) is 42.9 Å². The van der Waals surface area contributed by atoms with Crippen LogP contribution in [0.3, 0.4) is 0 Å². The molecule has 0 N–H and O–H groups in total. The first-order valence-corrected chi connectivity index (χ1v) is 12.7. The summed E-state index contributed by atoms with van der Waals surface area (Å²) in [5.74, 6) is 1.57. The molecule has 1 atom stereocenters. The van der Waals surface area contributed by atoms with Gasteiger partial charge in [0, 0.05) is 75.6 Å². The van der Waals surface area contributed by atoms with Gasteiger partial charge in [0.05, 0.1) is 6.54 Å². The molecule has 35 heavy (non-hydrogen) atoms. The molecule has 2 amide bonds. The van der Waals surface area contributed by atoms with E-state index in [1.165, 1.54) is 5.56 Å². The summed E-state index contributed by atoms with van der Waals surface area (Å²) in [6, 6.07) is 4.47. The number of nitrogens with zero attached hydrogens (tertiary/aromatic N) is 7. The first-order valence-electron chi connectivity index (χ1n) is 12.7. The predicted octanol–water partition coefficient (Wildman–Crippen LogP) is 2.42. The fraction of sp³-hybridized carbons (Fsp3) is 0.577. The quantitative estimate of drug-likeness (QED) is 0.654. The molecule has 2 fully saturated rings. The Kier molecular flexibility index (Phi) is 6.34. The highest BCUT2D eigenvalue weighted by atomic mass is 16.2. The van der Waals surface area contributed by atoms with Crippen molar-refractivity contribution in [3.63, 3.8) is 0 Å². The molecular weight excluding hydrogens is 442 g/mol. The zero-order valence-corrected chi connectivity index (χ0v) is 21.2. The topological polar surface area (TPSA) is 85.8 Å². The summed E-state index contributed by atoms with van der Waals surface area (Å²) in [6.07, 6.45) is 4.88. The zero-order valence-electron chi connectivity index (χ0n) is 21.2. The van der Waals surface area contributed by atoms with Crippen molar-refractivity contribution in [3.05, 3.63) is 40.8 Å². The normalized spacial score (nSPS) is 20.3. The molecule has 5 rings (SSSR count). The third-order valence-corrected chi connectivity index (χ3v) is 7.59. The minimum atomic E-state index is -0.0152. The predicted molar refractivity (Wildman–Crippen MR) is 135 cm³/mol. The monoisotopic (exact) mass is 477 g/mol. The lowest BCUT2D eigenvalue weighted by Crippen LogP contribution is -2.48. The molecule has 0 aliphatic carbocycles. The Morgan fingerprint density at radius 2 is 1.91 bits per heavy atom. The molecule has 0 saturated carbocycles. The van der Waals surface area contributed by atoms with Gasteiger partial charge < -0.3 is 19.6 Å². The molecule has 9 heteroatoms. The summed E-state index contributed by atoms with van der Waals surface area (Å²) in [6.45, 7) is 11.9. The van der Waals surface area contributed by atoms with E-state index in [-0.39, 0.29) is 23.9 Å². The Balaban J connectivity index is 1.50. The van der Waals surface area contributed by atoms with Crippen LogP contribution in [0.15, 0.2) is 18.3 Å². The van der Waals surface area contributed by atoms with Gasteiger partial charge in [0.1, 0.15) is 11.5 Å². The van der Waals surface area contributed by atoms with Crippen LogP contribution in [0, 0.1) is 6.92 Å². The van der Waals surface area contributed by atoms with E-state index < -0.39 is 0 Å². The summed E-state index contributed by atoms with van der Waals surface area (Å²) in [5, 5.41) is 0. The number of carbonyl (C=O) groups excluding carboxylic acids is 2. The molecule has 9 nitrogen and oxygen atoms in total. The fourth-order valence-corrected chi connectivity index (χ4v) is 5.46. The van der Waals surface area contributed by atoms with Gasteiger partial charge >= 0.3 is 0 Å². The number of aryl methyl sites for hydroxylation is 1. The van der Waals surface area contributed by atoms with Crippen molar-refractivity contribution in [1.29, 1.82) is 0 Å². The van der Waals surface area contributed by atoms with Crippen LogP contribution in [0.4, 0.5) is 11.8 Å². The first-order chi connectivity index (χ1) is 16.8. The van der Waals surface area contributed by atoms with Gasteiger partial charge in [-0.1, -0.05) is 6.07 Å². The molecule has 2 aromatic heterocycles. The number of hydrogen-bond acceptors (Lipinski definition) is 7. The van der Waals surface area contributed by atoms with Gasteiger partial charge in [-0.15, -0.1) is 0 Å². The molecule has 186 valence electrons. The van der Waals surface area contributed by atoms with Gasteiger partial charge in [-0.25, -0.2) is 4.98 Å². The molecule has 3 aliphatic rings. The molecule has 0 aromatic carbocycles. The Bertz CT molecular complexity index is 1130. The van der Waals surface area contributed by atoms with Crippen LogP contribution in [0.25, 0.3) is 0 Å². The van der Waals surface area contributed by atoms with Crippen molar-refractivity contribution in [2.24, 2.45) is 0 Å². The van der Waals surface area contributed by atoms with Crippen LogP contribution in [-0.2, 0) is 17.8 Å². The van der Waals surface area contributed by atoms with Crippen LogP contribution < -0.4 is 9.80 Å². The standard InChI is InChI=1S/C26H35N7O2/c1-17(2)33-16-21-23(25(33)35)28-26(31-13-11-30(12-14-31)19(4)34)29-24(21)32-10-6-8-20(32)15-22-18(3)7-5-9-27-22/h5,7,9,17,20H,6,8,10-16H2,1-4H3. The number of rotatable bonds is 5. The number of aromatic nitrogens is 3. The van der Waals surface area contributed by atoms with Crippen LogP contribution in [0.1, 0.15) is 60.9 Å². The molecule has 5 heterocycles. The summed E-state index contributed by atoms with van der Waals surface area (Å²) >= 11 is 0. The summed E-state index contributed by atoms with van der Waals surface area (Å²) in [4.78, 5) is 47.9. The Hall–Kier alpha value is -3.23. The number of fused-ring (bicyclic) bond motifs is 1. The van der Waals surface area contributed by atoms with Gasteiger partial charge in [-0.2, -0.15) is 4.98 Å². The number of anilines is 2. The number of piperazine rings is 1. The van der Waals surface area contributed by atoms with E-state index in [4.69, 9.17) is 9.97 Å². The highest BCUT2D eigenvalue weighted by Crippen LogP contribution is 2.36. The number of pyridine rings is 1. The van der Waals surface area contributed by atoms with E-state index in [1.54, 1.807) is 6.92 Å². The second-order valence-corrected chi connectivity index (χ2v) is 10.2. The van der Waals surface area contributed by atoms with Crippen molar-refractivity contribution < 1.29 is 9.59 Å². The number of hydrogen-bond donors (Lipinski definition) is 0. The smallest absolute Gasteiger partial charge is 0.273 e. The number of amides is 2. The third-order valence-electron chi connectivity index (χ3n) is 7.59. The van der Waals surface area contributed by atoms with Gasteiger partial charge in [0.15, 0.2) is 0 Å². The van der Waals surface area contributed by atoms with E-state index in [2.05, 4.69) is 27.8 Å². The van der Waals surface area contributed by atoms with Gasteiger partial charge in [-0.05, 0) is 45.2 Å². The van der Waals surface area contributed by atoms with Crippen molar-refractivity contribution in [2.75, 3.05) is 42.5 Å². The Labute approximate surface area is 207 Å². The molecule has 2 saturated heterocycles. The maximum absolute atomic E-state index is 13.3. The molecule has 0 radical (unpaired) electrons. The summed E-state index contributed by atoms with van der Waals surface area (Å²) in [7, 11) is 0. The molecule has 3 aliphatic heterocycles. The van der Waals surface area contributed by atoms with E-state index in [9.17, 15) is 9.59 Å². The summed E-state index contributed by atoms with van der Waals surface area (Å²) in [5.41, 5.74) is 3.81. The molecule has 0 spiro atoms. The Morgan fingerprint density at radius 3 is 2.60 bits per heavy atom. The molecule has 2 aromatic rings. The zero-order chi connectivity index (χ0) is 24.7. The highest BCUT2D eigenvalue weighted by Gasteiger charge is 2.38. The van der Waals surface area contributed by atoms with Gasteiger partial charge in [-0.3, -0.25) is 14.6 Å². The average Bonchev–Trinajstić information content (AvgIpc) is 3.44. The van der Waals surface area contributed by atoms with Crippen LogP contribution in [0.5, 0.6) is 0 Å². The largest absolute Gasteiger partial charge is 0.353 e. The SMILES string of the molecule is CC(=O)N1CCN(c2nc3c(c(N4CCCC4Cc4ncccc4C)n2)CN(C(C)C)C3=O)CC1.